The number of fused-ring (bicyclic) bond motifs is 3. The summed E-state index contributed by atoms with van der Waals surface area (Å²) in [6, 6.07) is 0. The van der Waals surface area contributed by atoms with Gasteiger partial charge < -0.3 is 44.5 Å². The summed E-state index contributed by atoms with van der Waals surface area (Å²) in [5, 5.41) is 51.7. The summed E-state index contributed by atoms with van der Waals surface area (Å²) in [5.74, 6) is -1.41. The van der Waals surface area contributed by atoms with Crippen LogP contribution in [-0.4, -0.2) is 99.2 Å². The van der Waals surface area contributed by atoms with Crippen LogP contribution in [0.1, 0.15) is 67.2 Å². The zero-order valence-electron chi connectivity index (χ0n) is 24.8. The van der Waals surface area contributed by atoms with Gasteiger partial charge in [-0.05, 0) is 66.6 Å². The lowest BCUT2D eigenvalue weighted by molar-refractivity contribution is -0.311. The Morgan fingerprint density at radius 1 is 1.00 bits per heavy atom. The van der Waals surface area contributed by atoms with Gasteiger partial charge >= 0.3 is 11.9 Å². The predicted octanol–water partition coefficient (Wildman–Crippen LogP) is 1.13. The zero-order valence-corrected chi connectivity index (χ0v) is 24.8. The summed E-state index contributed by atoms with van der Waals surface area (Å²) in [6.45, 7) is 14.4. The first-order valence-electron chi connectivity index (χ1n) is 14.4. The molecule has 11 nitrogen and oxygen atoms in total. The van der Waals surface area contributed by atoms with Crippen LogP contribution in [0.3, 0.4) is 0 Å². The van der Waals surface area contributed by atoms with Crippen molar-refractivity contribution in [3.05, 3.63) is 23.3 Å². The highest BCUT2D eigenvalue weighted by molar-refractivity contribution is 5.68. The number of esters is 2. The lowest BCUT2D eigenvalue weighted by Crippen LogP contribution is -2.61. The van der Waals surface area contributed by atoms with Crippen molar-refractivity contribution in [3.8, 4) is 0 Å². The lowest BCUT2D eigenvalue weighted by atomic mass is 9.50. The molecule has 41 heavy (non-hydrogen) atoms. The first kappa shape index (κ1) is 32.1. The number of hydrogen-bond donors (Lipinski definition) is 5. The van der Waals surface area contributed by atoms with Crippen molar-refractivity contribution in [3.63, 3.8) is 0 Å². The highest BCUT2D eigenvalue weighted by Gasteiger charge is 2.60. The van der Waals surface area contributed by atoms with Crippen molar-refractivity contribution < 1.29 is 54.1 Å². The third-order valence-electron chi connectivity index (χ3n) is 10.2. The Morgan fingerprint density at radius 3 is 2.22 bits per heavy atom. The summed E-state index contributed by atoms with van der Waals surface area (Å²) in [4.78, 5) is 25.0. The van der Waals surface area contributed by atoms with E-state index in [4.69, 9.17) is 18.9 Å². The second kappa shape index (κ2) is 11.7. The topological polar surface area (TPSA) is 172 Å². The molecule has 5 N–H and O–H groups in total. The van der Waals surface area contributed by atoms with Crippen molar-refractivity contribution in [2.24, 2.45) is 22.7 Å². The maximum Gasteiger partial charge on any atom is 0.303 e. The Hall–Kier alpha value is -1.86. The number of aliphatic hydroxyl groups excluding tert-OH is 5. The van der Waals surface area contributed by atoms with Crippen LogP contribution in [0.15, 0.2) is 23.3 Å². The molecule has 11 heteroatoms. The molecule has 2 bridgehead atoms. The third kappa shape index (κ3) is 5.62. The van der Waals surface area contributed by atoms with E-state index in [1.807, 2.05) is 13.8 Å². The molecule has 3 aliphatic carbocycles. The second-order valence-electron chi connectivity index (χ2n) is 13.1. The van der Waals surface area contributed by atoms with E-state index in [-0.39, 0.29) is 11.8 Å². The van der Waals surface area contributed by atoms with E-state index in [1.54, 1.807) is 0 Å². The molecule has 0 amide bonds. The monoisotopic (exact) mass is 582 g/mol. The molecule has 0 aromatic rings. The van der Waals surface area contributed by atoms with Gasteiger partial charge in [-0.3, -0.25) is 9.59 Å². The Kier molecular flexibility index (Phi) is 9.13. The molecule has 3 fully saturated rings. The molecule has 232 valence electrons. The Balaban J connectivity index is 1.76. The molecule has 1 saturated heterocycles. The van der Waals surface area contributed by atoms with Gasteiger partial charge in [0.25, 0.3) is 0 Å². The molecule has 2 saturated carbocycles. The van der Waals surface area contributed by atoms with Gasteiger partial charge in [0.2, 0.25) is 0 Å². The van der Waals surface area contributed by atoms with Gasteiger partial charge in [-0.2, -0.15) is 0 Å². The Bertz CT molecular complexity index is 1070. The third-order valence-corrected chi connectivity index (χ3v) is 10.2. The minimum atomic E-state index is -1.58. The summed E-state index contributed by atoms with van der Waals surface area (Å²) in [7, 11) is 0. The zero-order chi connectivity index (χ0) is 30.6. The number of ether oxygens (including phenoxy) is 4. The summed E-state index contributed by atoms with van der Waals surface area (Å²) in [5.41, 5.74) is 0.896. The number of aliphatic hydroxyl groups is 5. The van der Waals surface area contributed by atoms with Gasteiger partial charge in [-0.25, -0.2) is 0 Å². The average Bonchev–Trinajstić information content (AvgIpc) is 2.88. The van der Waals surface area contributed by atoms with Gasteiger partial charge in [0.15, 0.2) is 12.4 Å². The van der Waals surface area contributed by atoms with Crippen molar-refractivity contribution in [2.75, 3.05) is 6.61 Å². The summed E-state index contributed by atoms with van der Waals surface area (Å²) >= 11 is 0. The van der Waals surface area contributed by atoms with Crippen molar-refractivity contribution in [1.82, 2.24) is 0 Å². The standard InChI is InChI=1S/C30H46O11/c1-13-18-10-17-11-19(34)14(2)22(29(17,5)6)26(38-15(3)32)27(39-16(4)33)30(18,7)9-8-20(13)40-28-25(37)24(36)23(35)21(12-31)41-28/h17-21,23-28,31,34-37H,1,8-12H2,2-7H3/t17-,18-,19+,20+,21-,23-,24+,25-,26-,27+,28-,30-/m1/s1. The largest absolute Gasteiger partial charge is 0.458 e. The van der Waals surface area contributed by atoms with Crippen LogP contribution in [0.4, 0.5) is 0 Å². The van der Waals surface area contributed by atoms with Crippen LogP contribution < -0.4 is 0 Å². The quantitative estimate of drug-likeness (QED) is 0.232. The maximum absolute atomic E-state index is 12.5. The van der Waals surface area contributed by atoms with E-state index in [1.165, 1.54) is 13.8 Å². The number of hydrogen-bond acceptors (Lipinski definition) is 11. The minimum Gasteiger partial charge on any atom is -0.458 e. The maximum atomic E-state index is 12.5. The lowest BCUT2D eigenvalue weighted by Gasteiger charge is -2.58. The normalized spacial score (nSPS) is 44.4. The SMILES string of the molecule is C=C1[C@@H](O[C@@H]2O[C@H](CO)[C@@H](O)[C@H](O)[C@H]2O)CC[C@]2(C)[C@@H]1C[C@@H]1C[C@H](O)C(C)=C([C@@H](OC(C)=O)[C@@H]2OC(C)=O)C1(C)C. The number of rotatable bonds is 5. The van der Waals surface area contributed by atoms with Gasteiger partial charge in [0.05, 0.1) is 18.8 Å². The molecule has 0 unspecified atom stereocenters. The molecule has 4 aliphatic rings. The predicted molar refractivity (Wildman–Crippen MR) is 145 cm³/mol. The van der Waals surface area contributed by atoms with Crippen molar-refractivity contribution in [2.45, 2.75) is 122 Å². The van der Waals surface area contributed by atoms with Crippen LogP contribution >= 0.6 is 0 Å². The highest BCUT2D eigenvalue weighted by atomic mass is 16.7. The van der Waals surface area contributed by atoms with Crippen LogP contribution in [0.5, 0.6) is 0 Å². The van der Waals surface area contributed by atoms with Crippen molar-refractivity contribution in [1.29, 1.82) is 0 Å². The minimum absolute atomic E-state index is 0.0420. The molecule has 1 aliphatic heterocycles. The Morgan fingerprint density at radius 2 is 1.63 bits per heavy atom. The number of carbonyl (C=O) groups excluding carboxylic acids is 2. The fraction of sp³-hybridized carbons (Fsp3) is 0.800. The molecule has 0 aromatic heterocycles. The van der Waals surface area contributed by atoms with Gasteiger partial charge in [-0.1, -0.05) is 27.4 Å². The van der Waals surface area contributed by atoms with E-state index in [2.05, 4.69) is 20.4 Å². The first-order chi connectivity index (χ1) is 19.0. The molecule has 0 radical (unpaired) electrons. The fourth-order valence-electron chi connectivity index (χ4n) is 7.79. The van der Waals surface area contributed by atoms with Crippen LogP contribution in [-0.2, 0) is 28.5 Å². The van der Waals surface area contributed by atoms with Gasteiger partial charge in [0, 0.05) is 19.3 Å². The van der Waals surface area contributed by atoms with Gasteiger partial charge in [-0.15, -0.1) is 0 Å². The molecule has 0 spiro atoms. The first-order valence-corrected chi connectivity index (χ1v) is 14.4. The molecule has 12 atom stereocenters. The van der Waals surface area contributed by atoms with Crippen molar-refractivity contribution >= 4 is 11.9 Å². The van der Waals surface area contributed by atoms with Crippen LogP contribution in [0.25, 0.3) is 0 Å². The number of carbonyl (C=O) groups is 2. The van der Waals surface area contributed by atoms with E-state index in [0.717, 1.165) is 11.1 Å². The molecule has 1 heterocycles. The van der Waals surface area contributed by atoms with E-state index >= 15 is 0 Å². The molecule has 0 aromatic carbocycles. The summed E-state index contributed by atoms with van der Waals surface area (Å²) in [6.07, 6.45) is -8.35. The molecular weight excluding hydrogens is 536 g/mol. The summed E-state index contributed by atoms with van der Waals surface area (Å²) < 4.78 is 23.8. The molecular formula is C30H46O11. The van der Waals surface area contributed by atoms with E-state index in [0.29, 0.717) is 31.3 Å². The Labute approximate surface area is 241 Å². The van der Waals surface area contributed by atoms with Crippen LogP contribution in [0, 0.1) is 22.7 Å². The van der Waals surface area contributed by atoms with E-state index < -0.39 is 84.5 Å². The molecule has 4 rings (SSSR count). The fourth-order valence-corrected chi connectivity index (χ4v) is 7.79. The average molecular weight is 583 g/mol. The van der Waals surface area contributed by atoms with Gasteiger partial charge in [0.1, 0.15) is 30.5 Å². The second-order valence-corrected chi connectivity index (χ2v) is 13.1. The smallest absolute Gasteiger partial charge is 0.303 e. The van der Waals surface area contributed by atoms with E-state index in [9.17, 15) is 35.1 Å². The van der Waals surface area contributed by atoms with Crippen LogP contribution in [0.2, 0.25) is 0 Å². The highest BCUT2D eigenvalue weighted by Crippen LogP contribution is 2.60.